The Morgan fingerprint density at radius 3 is 2.36 bits per heavy atom. The van der Waals surface area contributed by atoms with Gasteiger partial charge in [0.15, 0.2) is 0 Å². The summed E-state index contributed by atoms with van der Waals surface area (Å²) in [5, 5.41) is 5.25. The van der Waals surface area contributed by atoms with Crippen LogP contribution in [0, 0.1) is 6.92 Å². The van der Waals surface area contributed by atoms with Gasteiger partial charge >= 0.3 is 0 Å². The molecule has 1 saturated heterocycles. The van der Waals surface area contributed by atoms with Crippen LogP contribution in [0.25, 0.3) is 0 Å². The van der Waals surface area contributed by atoms with E-state index in [1.807, 2.05) is 12.1 Å². The van der Waals surface area contributed by atoms with E-state index >= 15 is 0 Å². The number of hydrogen-bond acceptors (Lipinski definition) is 4. The highest BCUT2D eigenvalue weighted by Gasteiger charge is 2.25. The molecule has 1 heterocycles. The minimum Gasteiger partial charge on any atom is -0.497 e. The molecule has 3 rings (SSSR count). The maximum atomic E-state index is 12.8. The molecule has 7 nitrogen and oxygen atoms in total. The lowest BCUT2D eigenvalue weighted by atomic mass is 10.1. The SMILES string of the molecule is COc1ccc(C[NH+]2CCN(C(=O)c3ccc(C)c(S(N)(=O)=O)c3)CC2)cc1. The number of benzene rings is 2. The molecule has 2 aromatic rings. The van der Waals surface area contributed by atoms with Gasteiger partial charge in [0.25, 0.3) is 5.91 Å². The van der Waals surface area contributed by atoms with Crippen molar-refractivity contribution in [3.05, 3.63) is 59.2 Å². The van der Waals surface area contributed by atoms with Crippen LogP contribution in [-0.2, 0) is 16.6 Å². The number of amides is 1. The number of hydrogen-bond donors (Lipinski definition) is 2. The summed E-state index contributed by atoms with van der Waals surface area (Å²) in [7, 11) is -2.20. The van der Waals surface area contributed by atoms with Crippen LogP contribution >= 0.6 is 0 Å². The van der Waals surface area contributed by atoms with E-state index < -0.39 is 10.0 Å². The van der Waals surface area contributed by atoms with E-state index in [2.05, 4.69) is 12.1 Å². The summed E-state index contributed by atoms with van der Waals surface area (Å²) in [6, 6.07) is 12.7. The molecular formula is C20H26N3O4S+. The summed E-state index contributed by atoms with van der Waals surface area (Å²) in [5.41, 5.74) is 2.12. The van der Waals surface area contributed by atoms with Crippen molar-refractivity contribution in [3.63, 3.8) is 0 Å². The van der Waals surface area contributed by atoms with Gasteiger partial charge in [-0.15, -0.1) is 0 Å². The molecule has 28 heavy (non-hydrogen) atoms. The van der Waals surface area contributed by atoms with Crippen molar-refractivity contribution in [2.45, 2.75) is 18.4 Å². The van der Waals surface area contributed by atoms with Gasteiger partial charge in [-0.3, -0.25) is 4.79 Å². The van der Waals surface area contributed by atoms with E-state index in [9.17, 15) is 13.2 Å². The molecule has 1 aliphatic rings. The van der Waals surface area contributed by atoms with Crippen molar-refractivity contribution in [2.24, 2.45) is 5.14 Å². The van der Waals surface area contributed by atoms with Gasteiger partial charge in [0, 0.05) is 11.1 Å². The molecule has 150 valence electrons. The van der Waals surface area contributed by atoms with Crippen LogP contribution in [0.4, 0.5) is 0 Å². The van der Waals surface area contributed by atoms with Crippen molar-refractivity contribution in [3.8, 4) is 5.75 Å². The summed E-state index contributed by atoms with van der Waals surface area (Å²) in [4.78, 5) is 16.0. The molecule has 1 amide bonds. The van der Waals surface area contributed by atoms with E-state index in [0.29, 0.717) is 24.2 Å². The van der Waals surface area contributed by atoms with Crippen LogP contribution in [0.1, 0.15) is 21.5 Å². The number of aryl methyl sites for hydroxylation is 1. The van der Waals surface area contributed by atoms with E-state index in [1.165, 1.54) is 16.5 Å². The van der Waals surface area contributed by atoms with E-state index in [4.69, 9.17) is 9.88 Å². The first kappa shape index (κ1) is 20.3. The second-order valence-electron chi connectivity index (χ2n) is 7.09. The van der Waals surface area contributed by atoms with Gasteiger partial charge in [-0.05, 0) is 48.9 Å². The number of sulfonamides is 1. The van der Waals surface area contributed by atoms with Crippen LogP contribution in [0.15, 0.2) is 47.4 Å². The number of quaternary nitrogens is 1. The Balaban J connectivity index is 1.62. The Kier molecular flexibility index (Phi) is 6.02. The largest absolute Gasteiger partial charge is 0.497 e. The summed E-state index contributed by atoms with van der Waals surface area (Å²) in [6.07, 6.45) is 0. The zero-order chi connectivity index (χ0) is 20.3. The molecule has 0 aliphatic carbocycles. The lowest BCUT2D eigenvalue weighted by molar-refractivity contribution is -0.917. The standard InChI is InChI=1S/C20H25N3O4S/c1-15-3-6-17(13-19(15)28(21,25)26)20(24)23-11-9-22(10-12-23)14-16-4-7-18(27-2)8-5-16/h3-8,13H,9-12,14H2,1-2H3,(H2,21,25,26)/p+1. The third kappa shape index (κ3) is 4.70. The summed E-state index contributed by atoms with van der Waals surface area (Å²) in [5.74, 6) is 0.680. The topological polar surface area (TPSA) is 94.1 Å². The Labute approximate surface area is 165 Å². The van der Waals surface area contributed by atoms with Crippen LogP contribution < -0.4 is 14.8 Å². The number of nitrogens with one attached hydrogen (secondary N) is 1. The Hall–Kier alpha value is -2.42. The molecule has 1 aliphatic heterocycles. The molecule has 0 atom stereocenters. The molecule has 0 aromatic heterocycles. The summed E-state index contributed by atoms with van der Waals surface area (Å²) >= 11 is 0. The Morgan fingerprint density at radius 2 is 1.79 bits per heavy atom. The van der Waals surface area contributed by atoms with Gasteiger partial charge in [-0.2, -0.15) is 0 Å². The van der Waals surface area contributed by atoms with Crippen molar-refractivity contribution in [1.82, 2.24) is 4.90 Å². The van der Waals surface area contributed by atoms with Crippen LogP contribution in [0.5, 0.6) is 5.75 Å². The highest BCUT2D eigenvalue weighted by molar-refractivity contribution is 7.89. The molecule has 0 saturated carbocycles. The van der Waals surface area contributed by atoms with E-state index in [0.717, 1.165) is 25.4 Å². The Morgan fingerprint density at radius 1 is 1.14 bits per heavy atom. The van der Waals surface area contributed by atoms with Crippen LogP contribution in [-0.4, -0.2) is 52.5 Å². The van der Waals surface area contributed by atoms with Gasteiger partial charge < -0.3 is 14.5 Å². The quantitative estimate of drug-likeness (QED) is 0.744. The lowest BCUT2D eigenvalue weighted by Crippen LogP contribution is -3.13. The first-order valence-corrected chi connectivity index (χ1v) is 10.7. The second-order valence-corrected chi connectivity index (χ2v) is 8.62. The van der Waals surface area contributed by atoms with E-state index in [1.54, 1.807) is 31.1 Å². The zero-order valence-electron chi connectivity index (χ0n) is 16.1. The highest BCUT2D eigenvalue weighted by atomic mass is 32.2. The highest BCUT2D eigenvalue weighted by Crippen LogP contribution is 2.17. The summed E-state index contributed by atoms with van der Waals surface area (Å²) in [6.45, 7) is 5.49. The van der Waals surface area contributed by atoms with Gasteiger partial charge in [0.05, 0.1) is 38.2 Å². The number of carbonyl (C=O) groups is 1. The summed E-state index contributed by atoms with van der Waals surface area (Å²) < 4.78 is 28.6. The predicted molar refractivity (Wildman–Crippen MR) is 106 cm³/mol. The number of nitrogens with two attached hydrogens (primary N) is 1. The van der Waals surface area contributed by atoms with Gasteiger partial charge in [-0.25, -0.2) is 13.6 Å². The predicted octanol–water partition coefficient (Wildman–Crippen LogP) is 0.192. The number of ether oxygens (including phenoxy) is 1. The number of primary sulfonamides is 1. The molecule has 0 bridgehead atoms. The molecule has 1 fully saturated rings. The van der Waals surface area contributed by atoms with Gasteiger partial charge in [0.1, 0.15) is 12.3 Å². The minimum absolute atomic E-state index is 0.00196. The average molecular weight is 405 g/mol. The zero-order valence-corrected chi connectivity index (χ0v) is 17.0. The molecule has 2 aromatic carbocycles. The monoisotopic (exact) mass is 404 g/mol. The number of nitrogens with zero attached hydrogens (tertiary/aromatic N) is 1. The lowest BCUT2D eigenvalue weighted by Gasteiger charge is -2.32. The first-order chi connectivity index (χ1) is 13.3. The van der Waals surface area contributed by atoms with Gasteiger partial charge in [-0.1, -0.05) is 6.07 Å². The molecule has 8 heteroatoms. The minimum atomic E-state index is -3.85. The van der Waals surface area contributed by atoms with Crippen molar-refractivity contribution in [1.29, 1.82) is 0 Å². The molecule has 0 radical (unpaired) electrons. The fraction of sp³-hybridized carbons (Fsp3) is 0.350. The van der Waals surface area contributed by atoms with Crippen molar-refractivity contribution in [2.75, 3.05) is 33.3 Å². The molecule has 0 spiro atoms. The third-order valence-corrected chi connectivity index (χ3v) is 6.17. The van der Waals surface area contributed by atoms with Crippen molar-refractivity contribution >= 4 is 15.9 Å². The average Bonchev–Trinajstić information content (AvgIpc) is 2.68. The Bertz CT molecular complexity index is 950. The van der Waals surface area contributed by atoms with Crippen LogP contribution in [0.3, 0.4) is 0 Å². The number of rotatable bonds is 5. The molecular weight excluding hydrogens is 378 g/mol. The number of methoxy groups -OCH3 is 1. The fourth-order valence-corrected chi connectivity index (χ4v) is 4.27. The molecule has 0 unspecified atom stereocenters. The van der Waals surface area contributed by atoms with Gasteiger partial charge in [0.2, 0.25) is 10.0 Å². The maximum absolute atomic E-state index is 12.8. The molecule has 3 N–H and O–H groups in total. The maximum Gasteiger partial charge on any atom is 0.254 e. The van der Waals surface area contributed by atoms with Crippen LogP contribution in [0.2, 0.25) is 0 Å². The first-order valence-electron chi connectivity index (χ1n) is 9.17. The smallest absolute Gasteiger partial charge is 0.254 e. The normalized spacial score (nSPS) is 15.5. The second kappa shape index (κ2) is 8.30. The third-order valence-electron chi connectivity index (χ3n) is 5.11. The van der Waals surface area contributed by atoms with E-state index in [-0.39, 0.29) is 10.8 Å². The van der Waals surface area contributed by atoms with Crippen molar-refractivity contribution < 1.29 is 22.8 Å². The number of carbonyl (C=O) groups excluding carboxylic acids is 1. The number of piperazine rings is 1. The fourth-order valence-electron chi connectivity index (χ4n) is 3.46.